The molecule has 4 nitrogen and oxygen atoms in total. The van der Waals surface area contributed by atoms with E-state index in [9.17, 15) is 0 Å². The second kappa shape index (κ2) is 5.09. The van der Waals surface area contributed by atoms with Crippen molar-refractivity contribution in [1.29, 1.82) is 0 Å². The molecule has 5 heteroatoms. The molecule has 1 aromatic carbocycles. The van der Waals surface area contributed by atoms with E-state index in [0.29, 0.717) is 5.92 Å². The first-order valence-corrected chi connectivity index (χ1v) is 8.28. The normalized spacial score (nSPS) is 17.4. The van der Waals surface area contributed by atoms with E-state index in [1.807, 2.05) is 6.20 Å². The molecule has 0 aliphatic heterocycles. The number of rotatable bonds is 4. The summed E-state index contributed by atoms with van der Waals surface area (Å²) in [5.74, 6) is 0.673. The molecule has 0 bridgehead atoms. The van der Waals surface area contributed by atoms with Gasteiger partial charge in [-0.05, 0) is 49.4 Å². The SMILES string of the molecule is C[C@@](c1ccc(Br)cc1)(c1cc(-c2cn[nH]c2)n[nH]1)C1CC1. The maximum absolute atomic E-state index is 4.48. The predicted molar refractivity (Wildman–Crippen MR) is 89.5 cm³/mol. The van der Waals surface area contributed by atoms with E-state index >= 15 is 0 Å². The molecule has 1 saturated carbocycles. The second-order valence-electron chi connectivity index (χ2n) is 6.14. The van der Waals surface area contributed by atoms with Crippen LogP contribution in [-0.4, -0.2) is 20.4 Å². The van der Waals surface area contributed by atoms with Crippen molar-refractivity contribution in [2.24, 2.45) is 5.92 Å². The second-order valence-corrected chi connectivity index (χ2v) is 7.05. The van der Waals surface area contributed by atoms with Crippen molar-refractivity contribution in [3.05, 3.63) is 58.5 Å². The lowest BCUT2D eigenvalue weighted by molar-refractivity contribution is 0.479. The third-order valence-corrected chi connectivity index (χ3v) is 5.30. The number of aromatic amines is 2. The zero-order valence-electron chi connectivity index (χ0n) is 12.3. The first-order chi connectivity index (χ1) is 10.7. The molecule has 2 aromatic heterocycles. The molecule has 2 heterocycles. The lowest BCUT2D eigenvalue weighted by atomic mass is 9.75. The molecule has 1 fully saturated rings. The number of H-pyrrole nitrogens is 2. The molecular formula is C17H17BrN4. The van der Waals surface area contributed by atoms with Crippen molar-refractivity contribution in [2.45, 2.75) is 25.2 Å². The molecule has 0 unspecified atom stereocenters. The van der Waals surface area contributed by atoms with Gasteiger partial charge in [0.1, 0.15) is 0 Å². The van der Waals surface area contributed by atoms with Gasteiger partial charge in [-0.3, -0.25) is 10.2 Å². The smallest absolute Gasteiger partial charge is 0.0955 e. The number of hydrogen-bond donors (Lipinski definition) is 2. The van der Waals surface area contributed by atoms with Gasteiger partial charge in [0.25, 0.3) is 0 Å². The lowest BCUT2D eigenvalue weighted by Gasteiger charge is -2.29. The molecule has 0 spiro atoms. The van der Waals surface area contributed by atoms with Crippen molar-refractivity contribution < 1.29 is 0 Å². The fourth-order valence-corrected chi connectivity index (χ4v) is 3.46. The van der Waals surface area contributed by atoms with Gasteiger partial charge >= 0.3 is 0 Å². The number of aromatic nitrogens is 4. The molecule has 0 amide bonds. The van der Waals surface area contributed by atoms with Gasteiger partial charge in [0, 0.05) is 27.3 Å². The zero-order chi connectivity index (χ0) is 15.2. The largest absolute Gasteiger partial charge is 0.285 e. The van der Waals surface area contributed by atoms with Gasteiger partial charge in [0.15, 0.2) is 0 Å². The van der Waals surface area contributed by atoms with Crippen LogP contribution in [0.5, 0.6) is 0 Å². The van der Waals surface area contributed by atoms with Gasteiger partial charge in [0.05, 0.1) is 11.9 Å². The van der Waals surface area contributed by atoms with Crippen LogP contribution in [0, 0.1) is 5.92 Å². The van der Waals surface area contributed by atoms with E-state index in [0.717, 1.165) is 15.7 Å². The predicted octanol–water partition coefficient (Wildman–Crippen LogP) is 4.28. The van der Waals surface area contributed by atoms with Crippen molar-refractivity contribution in [1.82, 2.24) is 20.4 Å². The van der Waals surface area contributed by atoms with Gasteiger partial charge < -0.3 is 0 Å². The average Bonchev–Trinajstić information content (AvgIpc) is 3.03. The minimum atomic E-state index is -0.0182. The van der Waals surface area contributed by atoms with E-state index in [2.05, 4.69) is 73.6 Å². The van der Waals surface area contributed by atoms with Crippen LogP contribution in [0.15, 0.2) is 47.2 Å². The topological polar surface area (TPSA) is 57.4 Å². The summed E-state index contributed by atoms with van der Waals surface area (Å²) >= 11 is 3.52. The Morgan fingerprint density at radius 1 is 1.23 bits per heavy atom. The van der Waals surface area contributed by atoms with E-state index < -0.39 is 0 Å². The number of nitrogens with zero attached hydrogens (tertiary/aromatic N) is 2. The summed E-state index contributed by atoms with van der Waals surface area (Å²) in [4.78, 5) is 0. The lowest BCUT2D eigenvalue weighted by Crippen LogP contribution is -2.26. The third-order valence-electron chi connectivity index (χ3n) is 4.77. The number of halogens is 1. The van der Waals surface area contributed by atoms with Crippen LogP contribution in [-0.2, 0) is 5.41 Å². The number of hydrogen-bond acceptors (Lipinski definition) is 2. The minimum absolute atomic E-state index is 0.0182. The molecule has 2 N–H and O–H groups in total. The highest BCUT2D eigenvalue weighted by atomic mass is 79.9. The summed E-state index contributed by atoms with van der Waals surface area (Å²) in [6.45, 7) is 2.32. The molecule has 112 valence electrons. The van der Waals surface area contributed by atoms with Crippen molar-refractivity contribution in [2.75, 3.05) is 0 Å². The Morgan fingerprint density at radius 2 is 2.00 bits per heavy atom. The van der Waals surface area contributed by atoms with Crippen LogP contribution < -0.4 is 0 Å². The number of benzene rings is 1. The van der Waals surface area contributed by atoms with Crippen LogP contribution in [0.25, 0.3) is 11.3 Å². The standard InChI is InChI=1S/C17H17BrN4/c1-17(12-2-3-12,13-4-6-14(18)7-5-13)16-8-15(21-22-16)11-9-19-20-10-11/h4-10,12H,2-3H2,1H3,(H,19,20)(H,21,22)/t17-/m1/s1. The summed E-state index contributed by atoms with van der Waals surface area (Å²) in [7, 11) is 0. The van der Waals surface area contributed by atoms with Crippen LogP contribution in [0.1, 0.15) is 31.0 Å². The third kappa shape index (κ3) is 2.20. The fourth-order valence-electron chi connectivity index (χ4n) is 3.19. The molecule has 22 heavy (non-hydrogen) atoms. The van der Waals surface area contributed by atoms with Gasteiger partial charge in [-0.1, -0.05) is 28.1 Å². The summed E-state index contributed by atoms with van der Waals surface area (Å²) in [5.41, 5.74) is 4.44. The Hall–Kier alpha value is -1.88. The van der Waals surface area contributed by atoms with Crippen LogP contribution in [0.4, 0.5) is 0 Å². The minimum Gasteiger partial charge on any atom is -0.285 e. The molecular weight excluding hydrogens is 340 g/mol. The van der Waals surface area contributed by atoms with E-state index in [1.54, 1.807) is 6.20 Å². The Labute approximate surface area is 137 Å². The number of nitrogens with one attached hydrogen (secondary N) is 2. The Kier molecular flexibility index (Phi) is 3.18. The first kappa shape index (κ1) is 13.8. The van der Waals surface area contributed by atoms with Crippen molar-refractivity contribution in [3.8, 4) is 11.3 Å². The Bertz CT molecular complexity index is 771. The molecule has 1 atom stereocenters. The van der Waals surface area contributed by atoms with Crippen molar-refractivity contribution >= 4 is 15.9 Å². The van der Waals surface area contributed by atoms with Gasteiger partial charge in [0.2, 0.25) is 0 Å². The fraction of sp³-hybridized carbons (Fsp3) is 0.294. The van der Waals surface area contributed by atoms with Crippen LogP contribution >= 0.6 is 15.9 Å². The quantitative estimate of drug-likeness (QED) is 0.732. The Balaban J connectivity index is 1.78. The zero-order valence-corrected chi connectivity index (χ0v) is 13.9. The summed E-state index contributed by atoms with van der Waals surface area (Å²) in [5, 5.41) is 14.6. The average molecular weight is 357 g/mol. The van der Waals surface area contributed by atoms with E-state index in [1.165, 1.54) is 24.1 Å². The summed E-state index contributed by atoms with van der Waals surface area (Å²) in [6, 6.07) is 10.8. The maximum Gasteiger partial charge on any atom is 0.0955 e. The molecule has 1 aliphatic carbocycles. The molecule has 3 aromatic rings. The molecule has 0 radical (unpaired) electrons. The monoisotopic (exact) mass is 356 g/mol. The maximum atomic E-state index is 4.48. The molecule has 1 aliphatic rings. The molecule has 4 rings (SSSR count). The highest BCUT2D eigenvalue weighted by Gasteiger charge is 2.45. The summed E-state index contributed by atoms with van der Waals surface area (Å²) in [6.07, 6.45) is 6.21. The van der Waals surface area contributed by atoms with Gasteiger partial charge in [-0.15, -0.1) is 0 Å². The van der Waals surface area contributed by atoms with Crippen LogP contribution in [0.2, 0.25) is 0 Å². The van der Waals surface area contributed by atoms with Crippen LogP contribution in [0.3, 0.4) is 0 Å². The highest BCUT2D eigenvalue weighted by molar-refractivity contribution is 9.10. The molecule has 0 saturated heterocycles. The van der Waals surface area contributed by atoms with Crippen molar-refractivity contribution in [3.63, 3.8) is 0 Å². The highest BCUT2D eigenvalue weighted by Crippen LogP contribution is 2.51. The Morgan fingerprint density at radius 3 is 2.64 bits per heavy atom. The van der Waals surface area contributed by atoms with Gasteiger partial charge in [-0.2, -0.15) is 10.2 Å². The van der Waals surface area contributed by atoms with E-state index in [-0.39, 0.29) is 5.41 Å². The summed E-state index contributed by atoms with van der Waals surface area (Å²) < 4.78 is 1.11. The van der Waals surface area contributed by atoms with E-state index in [4.69, 9.17) is 0 Å². The van der Waals surface area contributed by atoms with Gasteiger partial charge in [-0.25, -0.2) is 0 Å². The first-order valence-electron chi connectivity index (χ1n) is 7.49.